The molecule has 1 fully saturated rings. The van der Waals surface area contributed by atoms with Gasteiger partial charge in [-0.15, -0.1) is 0 Å². The van der Waals surface area contributed by atoms with Crippen molar-refractivity contribution in [2.45, 2.75) is 75.9 Å². The Labute approximate surface area is 213 Å². The van der Waals surface area contributed by atoms with E-state index >= 15 is 4.39 Å². The first-order valence-electron chi connectivity index (χ1n) is 12.6. The molecule has 196 valence electrons. The Morgan fingerprint density at radius 3 is 2.19 bits per heavy atom. The SMILES string of the molecule is CC1(C)C[C@H](O)c2c(cc(C3CCCC3)c(C(F)c3ccc(C(F)(F)F)cc3)c2-c2ccc(F)cc2)O1. The highest BCUT2D eigenvalue weighted by Crippen LogP contribution is 2.53. The Bertz CT molecular complexity index is 1270. The zero-order valence-corrected chi connectivity index (χ0v) is 20.7. The smallest absolute Gasteiger partial charge is 0.416 e. The van der Waals surface area contributed by atoms with Crippen molar-refractivity contribution in [2.24, 2.45) is 0 Å². The number of aliphatic hydroxyl groups is 1. The van der Waals surface area contributed by atoms with Crippen molar-refractivity contribution >= 4 is 0 Å². The maximum Gasteiger partial charge on any atom is 0.416 e. The van der Waals surface area contributed by atoms with E-state index < -0.39 is 35.4 Å². The normalized spacial score (nSPS) is 20.4. The number of rotatable bonds is 4. The second-order valence-electron chi connectivity index (χ2n) is 10.7. The van der Waals surface area contributed by atoms with Gasteiger partial charge in [0.05, 0.1) is 11.7 Å². The average Bonchev–Trinajstić information content (AvgIpc) is 3.37. The number of hydrogen-bond acceptors (Lipinski definition) is 2. The highest BCUT2D eigenvalue weighted by Gasteiger charge is 2.39. The van der Waals surface area contributed by atoms with Crippen LogP contribution in [0.3, 0.4) is 0 Å². The van der Waals surface area contributed by atoms with Crippen LogP contribution >= 0.6 is 0 Å². The van der Waals surface area contributed by atoms with Gasteiger partial charge in [0.15, 0.2) is 6.17 Å². The van der Waals surface area contributed by atoms with Crippen LogP contribution in [0.5, 0.6) is 5.75 Å². The molecule has 1 aliphatic heterocycles. The molecule has 3 aromatic rings. The van der Waals surface area contributed by atoms with Crippen molar-refractivity contribution in [3.8, 4) is 16.9 Å². The quantitative estimate of drug-likeness (QED) is 0.351. The van der Waals surface area contributed by atoms with Crippen LogP contribution in [-0.2, 0) is 6.18 Å². The monoisotopic (exact) mass is 516 g/mol. The Morgan fingerprint density at radius 2 is 1.59 bits per heavy atom. The largest absolute Gasteiger partial charge is 0.487 e. The van der Waals surface area contributed by atoms with Crippen molar-refractivity contribution in [3.63, 3.8) is 0 Å². The van der Waals surface area contributed by atoms with E-state index in [-0.39, 0.29) is 17.9 Å². The summed E-state index contributed by atoms with van der Waals surface area (Å²) in [5.41, 5.74) is 0.990. The molecule has 1 unspecified atom stereocenters. The van der Waals surface area contributed by atoms with Crippen molar-refractivity contribution < 1.29 is 31.8 Å². The summed E-state index contributed by atoms with van der Waals surface area (Å²) in [6.45, 7) is 3.75. The summed E-state index contributed by atoms with van der Waals surface area (Å²) in [5.74, 6) is 0.0508. The number of ether oxygens (including phenoxy) is 1. The van der Waals surface area contributed by atoms with Crippen LogP contribution in [0.25, 0.3) is 11.1 Å². The van der Waals surface area contributed by atoms with Crippen LogP contribution in [0.4, 0.5) is 22.0 Å². The van der Waals surface area contributed by atoms with Crippen molar-refractivity contribution in [3.05, 3.63) is 88.2 Å². The fourth-order valence-corrected chi connectivity index (χ4v) is 5.81. The lowest BCUT2D eigenvalue weighted by Gasteiger charge is -2.38. The number of alkyl halides is 4. The predicted molar refractivity (Wildman–Crippen MR) is 132 cm³/mol. The van der Waals surface area contributed by atoms with Crippen LogP contribution in [0.15, 0.2) is 54.6 Å². The van der Waals surface area contributed by atoms with Gasteiger partial charge in [-0.2, -0.15) is 13.2 Å². The van der Waals surface area contributed by atoms with E-state index in [9.17, 15) is 22.7 Å². The molecule has 0 saturated heterocycles. The van der Waals surface area contributed by atoms with Gasteiger partial charge in [-0.25, -0.2) is 8.78 Å². The van der Waals surface area contributed by atoms with E-state index in [1.165, 1.54) is 12.1 Å². The summed E-state index contributed by atoms with van der Waals surface area (Å²) in [4.78, 5) is 0. The van der Waals surface area contributed by atoms with Gasteiger partial charge in [-0.3, -0.25) is 0 Å². The highest BCUT2D eigenvalue weighted by atomic mass is 19.4. The van der Waals surface area contributed by atoms with E-state index in [0.29, 0.717) is 28.0 Å². The third kappa shape index (κ3) is 4.98. The van der Waals surface area contributed by atoms with Gasteiger partial charge in [0, 0.05) is 17.5 Å². The molecule has 1 aliphatic carbocycles. The molecule has 2 aliphatic rings. The Kier molecular flexibility index (Phi) is 6.55. The first-order chi connectivity index (χ1) is 17.4. The molecule has 0 amide bonds. The fraction of sp³-hybridized carbons (Fsp3) is 0.400. The maximum atomic E-state index is 16.6. The molecule has 0 aromatic heterocycles. The number of hydrogen-bond donors (Lipinski definition) is 1. The molecule has 1 heterocycles. The van der Waals surface area contributed by atoms with Crippen LogP contribution in [0.1, 0.15) is 92.0 Å². The third-order valence-electron chi connectivity index (χ3n) is 7.52. The molecule has 3 aromatic carbocycles. The van der Waals surface area contributed by atoms with E-state index in [0.717, 1.165) is 55.5 Å². The van der Waals surface area contributed by atoms with Gasteiger partial charge in [-0.1, -0.05) is 37.1 Å². The molecule has 0 radical (unpaired) electrons. The Hall–Kier alpha value is -2.93. The van der Waals surface area contributed by atoms with Gasteiger partial charge in [0.1, 0.15) is 17.2 Å². The van der Waals surface area contributed by atoms with E-state index in [4.69, 9.17) is 4.74 Å². The van der Waals surface area contributed by atoms with Crippen molar-refractivity contribution in [1.29, 1.82) is 0 Å². The summed E-state index contributed by atoms with van der Waals surface area (Å²) < 4.78 is 76.2. The van der Waals surface area contributed by atoms with Crippen LogP contribution in [-0.4, -0.2) is 10.7 Å². The van der Waals surface area contributed by atoms with Crippen LogP contribution in [0.2, 0.25) is 0 Å². The fourth-order valence-electron chi connectivity index (χ4n) is 5.81. The summed E-state index contributed by atoms with van der Waals surface area (Å²) in [6.07, 6.45) is -3.31. The zero-order chi connectivity index (χ0) is 26.5. The number of benzene rings is 3. The molecule has 37 heavy (non-hydrogen) atoms. The Balaban J connectivity index is 1.77. The van der Waals surface area contributed by atoms with E-state index in [1.807, 2.05) is 19.9 Å². The van der Waals surface area contributed by atoms with Gasteiger partial charge in [0.25, 0.3) is 0 Å². The number of halogens is 5. The molecular weight excluding hydrogens is 487 g/mol. The van der Waals surface area contributed by atoms with Gasteiger partial charge < -0.3 is 9.84 Å². The minimum Gasteiger partial charge on any atom is -0.487 e. The van der Waals surface area contributed by atoms with Crippen molar-refractivity contribution in [1.82, 2.24) is 0 Å². The summed E-state index contributed by atoms with van der Waals surface area (Å²) in [6, 6.07) is 11.5. The van der Waals surface area contributed by atoms with Crippen LogP contribution < -0.4 is 4.74 Å². The van der Waals surface area contributed by atoms with Gasteiger partial charge in [-0.05, 0) is 85.2 Å². The standard InChI is InChI=1S/C30H29F5O2/c1-29(2)16-23(36)27-24(37-29)15-22(17-5-3-4-6-17)26(25(27)18-9-13-21(31)14-10-18)28(32)19-7-11-20(12-8-19)30(33,34)35/h7-15,17,23,28,36H,3-6,16H2,1-2H3/t23-,28?/m0/s1. The number of aliphatic hydroxyl groups excluding tert-OH is 1. The Morgan fingerprint density at radius 1 is 0.973 bits per heavy atom. The molecule has 1 saturated carbocycles. The van der Waals surface area contributed by atoms with Gasteiger partial charge >= 0.3 is 6.18 Å². The second kappa shape index (κ2) is 9.43. The molecule has 2 atom stereocenters. The molecule has 5 rings (SSSR count). The first kappa shape index (κ1) is 25.7. The van der Waals surface area contributed by atoms with E-state index in [1.54, 1.807) is 12.1 Å². The maximum absolute atomic E-state index is 16.6. The minimum atomic E-state index is -4.53. The lowest BCUT2D eigenvalue weighted by molar-refractivity contribution is -0.137. The molecule has 0 spiro atoms. The molecular formula is C30H29F5O2. The average molecular weight is 517 g/mol. The first-order valence-corrected chi connectivity index (χ1v) is 12.6. The summed E-state index contributed by atoms with van der Waals surface area (Å²) in [5, 5.41) is 11.3. The third-order valence-corrected chi connectivity index (χ3v) is 7.52. The lowest BCUT2D eigenvalue weighted by Crippen LogP contribution is -2.35. The van der Waals surface area contributed by atoms with Crippen LogP contribution in [0, 0.1) is 5.82 Å². The van der Waals surface area contributed by atoms with Crippen molar-refractivity contribution in [2.75, 3.05) is 0 Å². The highest BCUT2D eigenvalue weighted by molar-refractivity contribution is 5.78. The van der Waals surface area contributed by atoms with E-state index in [2.05, 4.69) is 0 Å². The molecule has 7 heteroatoms. The lowest BCUT2D eigenvalue weighted by atomic mass is 9.78. The molecule has 1 N–H and O–H groups in total. The summed E-state index contributed by atoms with van der Waals surface area (Å²) >= 11 is 0. The molecule has 2 nitrogen and oxygen atoms in total. The predicted octanol–water partition coefficient (Wildman–Crippen LogP) is 8.82. The second-order valence-corrected chi connectivity index (χ2v) is 10.7. The molecule has 0 bridgehead atoms. The number of fused-ring (bicyclic) bond motifs is 1. The summed E-state index contributed by atoms with van der Waals surface area (Å²) in [7, 11) is 0. The van der Waals surface area contributed by atoms with Gasteiger partial charge in [0.2, 0.25) is 0 Å². The minimum absolute atomic E-state index is 0.0398. The topological polar surface area (TPSA) is 29.5 Å². The zero-order valence-electron chi connectivity index (χ0n) is 20.7.